The zero-order valence-electron chi connectivity index (χ0n) is 10.7. The Balaban J connectivity index is 2.76. The molecule has 1 N–H and O–H groups in total. The highest BCUT2D eigenvalue weighted by atomic mass is 32.2. The number of likely N-dealkylation sites (N-methyl/N-ethyl adjacent to an activating group) is 1. The lowest BCUT2D eigenvalue weighted by atomic mass is 10.1. The van der Waals surface area contributed by atoms with Crippen LogP contribution in [0.5, 0.6) is 0 Å². The first-order valence-electron chi connectivity index (χ1n) is 5.46. The number of esters is 1. The summed E-state index contributed by atoms with van der Waals surface area (Å²) < 4.78 is 27.1. The largest absolute Gasteiger partial charge is 0.452 e. The highest BCUT2D eigenvalue weighted by Crippen LogP contribution is 2.09. The predicted octanol–water partition coefficient (Wildman–Crippen LogP) is 0.134. The maximum absolute atomic E-state index is 11.6. The molecule has 0 radical (unpaired) electrons. The van der Waals surface area contributed by atoms with Gasteiger partial charge in [0.2, 0.25) is 0 Å². The van der Waals surface area contributed by atoms with E-state index in [-0.39, 0.29) is 17.9 Å². The van der Waals surface area contributed by atoms with Crippen LogP contribution in [0, 0.1) is 0 Å². The highest BCUT2D eigenvalue weighted by molar-refractivity contribution is 7.89. The number of rotatable bonds is 5. The van der Waals surface area contributed by atoms with Gasteiger partial charge in [0, 0.05) is 13.3 Å². The Morgan fingerprint density at radius 2 is 2.00 bits per heavy atom. The topological polar surface area (TPSA) is 89.5 Å². The molecule has 0 fully saturated rings. The summed E-state index contributed by atoms with van der Waals surface area (Å²) >= 11 is 0. The highest BCUT2D eigenvalue weighted by Gasteiger charge is 2.11. The van der Waals surface area contributed by atoms with Gasteiger partial charge in [-0.1, -0.05) is 12.1 Å². The summed E-state index contributed by atoms with van der Waals surface area (Å²) in [5.41, 5.74) is 0.710. The van der Waals surface area contributed by atoms with E-state index in [1.807, 2.05) is 0 Å². The second kappa shape index (κ2) is 6.33. The normalized spacial score (nSPS) is 10.8. The van der Waals surface area contributed by atoms with Gasteiger partial charge in [0.1, 0.15) is 0 Å². The van der Waals surface area contributed by atoms with Crippen molar-refractivity contribution >= 4 is 21.7 Å². The Kier molecular flexibility index (Phi) is 5.05. The standard InChI is InChI=1S/C12H15NO5S/c1-13-11(14)7-18-12(15)10-5-3-4-9(6-10)8-19(2,16)17/h3-6H,7-8H2,1-2H3,(H,13,14). The van der Waals surface area contributed by atoms with Gasteiger partial charge in [0.25, 0.3) is 5.91 Å². The Morgan fingerprint density at radius 1 is 1.32 bits per heavy atom. The number of nitrogens with one attached hydrogen (secondary N) is 1. The summed E-state index contributed by atoms with van der Waals surface area (Å²) in [5.74, 6) is -1.23. The van der Waals surface area contributed by atoms with Crippen LogP contribution in [0.1, 0.15) is 15.9 Å². The molecule has 0 aromatic heterocycles. The lowest BCUT2D eigenvalue weighted by molar-refractivity contribution is -0.123. The van der Waals surface area contributed by atoms with Crippen molar-refractivity contribution in [2.24, 2.45) is 0 Å². The first-order chi connectivity index (χ1) is 8.81. The third kappa shape index (κ3) is 5.52. The fourth-order valence-corrected chi connectivity index (χ4v) is 2.16. The molecule has 0 saturated carbocycles. The van der Waals surface area contributed by atoms with Gasteiger partial charge in [-0.2, -0.15) is 0 Å². The molecule has 1 aromatic carbocycles. The van der Waals surface area contributed by atoms with Gasteiger partial charge in [-0.3, -0.25) is 4.79 Å². The SMILES string of the molecule is CNC(=O)COC(=O)c1cccc(CS(C)(=O)=O)c1. The van der Waals surface area contributed by atoms with Crippen LogP contribution in [0.4, 0.5) is 0 Å². The number of carbonyl (C=O) groups excluding carboxylic acids is 2. The minimum absolute atomic E-state index is 0.149. The van der Waals surface area contributed by atoms with Crippen molar-refractivity contribution in [3.63, 3.8) is 0 Å². The number of amides is 1. The van der Waals surface area contributed by atoms with Crippen molar-refractivity contribution in [2.75, 3.05) is 19.9 Å². The van der Waals surface area contributed by atoms with E-state index in [1.54, 1.807) is 12.1 Å². The van der Waals surface area contributed by atoms with Crippen LogP contribution < -0.4 is 5.32 Å². The number of hydrogen-bond donors (Lipinski definition) is 1. The molecule has 7 heteroatoms. The molecule has 0 atom stereocenters. The van der Waals surface area contributed by atoms with Crippen LogP contribution in [0.2, 0.25) is 0 Å². The fourth-order valence-electron chi connectivity index (χ4n) is 1.38. The van der Waals surface area contributed by atoms with Crippen molar-refractivity contribution in [3.8, 4) is 0 Å². The molecule has 0 aliphatic rings. The molecule has 19 heavy (non-hydrogen) atoms. The molecular formula is C12H15NO5S. The van der Waals surface area contributed by atoms with Crippen molar-refractivity contribution in [3.05, 3.63) is 35.4 Å². The molecule has 1 aromatic rings. The van der Waals surface area contributed by atoms with Crippen molar-refractivity contribution < 1.29 is 22.7 Å². The van der Waals surface area contributed by atoms with Crippen LogP contribution in [-0.4, -0.2) is 40.2 Å². The molecule has 0 bridgehead atoms. The van der Waals surface area contributed by atoms with Crippen LogP contribution >= 0.6 is 0 Å². The monoisotopic (exact) mass is 285 g/mol. The van der Waals surface area contributed by atoms with Gasteiger partial charge in [-0.15, -0.1) is 0 Å². The second-order valence-electron chi connectivity index (χ2n) is 4.02. The molecule has 0 heterocycles. The van der Waals surface area contributed by atoms with Crippen LogP contribution in [0.15, 0.2) is 24.3 Å². The van der Waals surface area contributed by atoms with Gasteiger partial charge in [0.05, 0.1) is 11.3 Å². The van der Waals surface area contributed by atoms with Gasteiger partial charge < -0.3 is 10.1 Å². The first-order valence-corrected chi connectivity index (χ1v) is 7.52. The van der Waals surface area contributed by atoms with E-state index in [2.05, 4.69) is 5.32 Å². The maximum atomic E-state index is 11.6. The Hall–Kier alpha value is -1.89. The van der Waals surface area contributed by atoms with E-state index in [4.69, 9.17) is 4.74 Å². The third-order valence-corrected chi connectivity index (χ3v) is 3.06. The van der Waals surface area contributed by atoms with E-state index in [1.165, 1.54) is 19.2 Å². The molecule has 0 aliphatic carbocycles. The lowest BCUT2D eigenvalue weighted by Crippen LogP contribution is -2.25. The second-order valence-corrected chi connectivity index (χ2v) is 6.16. The van der Waals surface area contributed by atoms with E-state index in [0.717, 1.165) is 6.26 Å². The fraction of sp³-hybridized carbons (Fsp3) is 0.333. The number of ether oxygens (including phenoxy) is 1. The van der Waals surface area contributed by atoms with Crippen molar-refractivity contribution in [1.82, 2.24) is 5.32 Å². The van der Waals surface area contributed by atoms with E-state index in [0.29, 0.717) is 5.56 Å². The molecule has 6 nitrogen and oxygen atoms in total. The van der Waals surface area contributed by atoms with E-state index < -0.39 is 21.7 Å². The summed E-state index contributed by atoms with van der Waals surface area (Å²) in [5, 5.41) is 2.32. The molecule has 0 spiro atoms. The Bertz CT molecular complexity index is 580. The van der Waals surface area contributed by atoms with Crippen molar-refractivity contribution in [1.29, 1.82) is 0 Å². The van der Waals surface area contributed by atoms with Gasteiger partial charge in [-0.25, -0.2) is 13.2 Å². The zero-order valence-corrected chi connectivity index (χ0v) is 11.5. The minimum atomic E-state index is -3.17. The third-order valence-electron chi connectivity index (χ3n) is 2.20. The molecule has 1 rings (SSSR count). The average molecular weight is 285 g/mol. The summed E-state index contributed by atoms with van der Waals surface area (Å²) in [6.07, 6.45) is 1.11. The summed E-state index contributed by atoms with van der Waals surface area (Å²) in [6.45, 7) is -0.369. The quantitative estimate of drug-likeness (QED) is 0.777. The Morgan fingerprint density at radius 3 is 2.58 bits per heavy atom. The minimum Gasteiger partial charge on any atom is -0.452 e. The van der Waals surface area contributed by atoms with Gasteiger partial charge in [0.15, 0.2) is 16.4 Å². The number of hydrogen-bond acceptors (Lipinski definition) is 5. The van der Waals surface area contributed by atoms with Gasteiger partial charge in [-0.05, 0) is 17.7 Å². The van der Waals surface area contributed by atoms with Gasteiger partial charge >= 0.3 is 5.97 Å². The molecule has 0 saturated heterocycles. The molecule has 0 aliphatic heterocycles. The summed E-state index contributed by atoms with van der Waals surface area (Å²) in [6, 6.07) is 6.11. The van der Waals surface area contributed by atoms with E-state index >= 15 is 0 Å². The summed E-state index contributed by atoms with van der Waals surface area (Å²) in [7, 11) is -1.73. The molecule has 1 amide bonds. The van der Waals surface area contributed by atoms with Crippen LogP contribution in [0.3, 0.4) is 0 Å². The number of benzene rings is 1. The van der Waals surface area contributed by atoms with Crippen LogP contribution in [0.25, 0.3) is 0 Å². The number of carbonyl (C=O) groups is 2. The zero-order chi connectivity index (χ0) is 14.5. The predicted molar refractivity (Wildman–Crippen MR) is 69.3 cm³/mol. The lowest BCUT2D eigenvalue weighted by Gasteiger charge is -2.05. The number of sulfone groups is 1. The average Bonchev–Trinajstić information content (AvgIpc) is 2.33. The smallest absolute Gasteiger partial charge is 0.338 e. The Labute approximate surface area is 111 Å². The summed E-state index contributed by atoms with van der Waals surface area (Å²) in [4.78, 5) is 22.6. The van der Waals surface area contributed by atoms with E-state index in [9.17, 15) is 18.0 Å². The molecule has 0 unspecified atom stereocenters. The molecular weight excluding hydrogens is 270 g/mol. The first kappa shape index (κ1) is 15.2. The molecule has 104 valence electrons. The van der Waals surface area contributed by atoms with Crippen molar-refractivity contribution in [2.45, 2.75) is 5.75 Å². The van der Waals surface area contributed by atoms with Crippen LogP contribution in [-0.2, 0) is 25.1 Å². The maximum Gasteiger partial charge on any atom is 0.338 e.